The molecular formula is C27H33BrN2O3. The molecule has 0 aliphatic carbocycles. The van der Waals surface area contributed by atoms with E-state index in [4.69, 9.17) is 4.74 Å². The van der Waals surface area contributed by atoms with Gasteiger partial charge in [-0.1, -0.05) is 54.9 Å². The number of ether oxygens (including phenoxy) is 1. The lowest BCUT2D eigenvalue weighted by atomic mass is 9.91. The Hall–Kier alpha value is -2.41. The molecule has 0 bridgehead atoms. The maximum absolute atomic E-state index is 13.8. The minimum Gasteiger partial charge on any atom is -0.628 e. The molecule has 6 heteroatoms. The van der Waals surface area contributed by atoms with Gasteiger partial charge in [-0.25, -0.2) is 0 Å². The molecule has 0 spiro atoms. The van der Waals surface area contributed by atoms with Crippen molar-refractivity contribution in [1.82, 2.24) is 0 Å². The summed E-state index contributed by atoms with van der Waals surface area (Å²) in [7, 11) is 0. The smallest absolute Gasteiger partial charge is 0.265 e. The number of nitrogens with one attached hydrogen (secondary N) is 2. The van der Waals surface area contributed by atoms with Gasteiger partial charge in [-0.05, 0) is 68.5 Å². The summed E-state index contributed by atoms with van der Waals surface area (Å²) in [5.74, 6) is 0.137. The van der Waals surface area contributed by atoms with E-state index >= 15 is 0 Å². The number of hydrogen-bond acceptors (Lipinski definition) is 3. The Morgan fingerprint density at radius 2 is 1.70 bits per heavy atom. The van der Waals surface area contributed by atoms with E-state index in [0.29, 0.717) is 29.2 Å². The van der Waals surface area contributed by atoms with Crippen LogP contribution in [0.25, 0.3) is 5.70 Å². The maximum Gasteiger partial charge on any atom is 0.265 e. The SMILES string of the molecule is CCCOC1=CC(C)(C)[NH+]([O-])C(c2ccccc2)=C1C(=O)Nc1c(CC)cc(Br)cc1CC. The third kappa shape index (κ3) is 5.40. The number of aryl methyl sites for hydroxylation is 2. The van der Waals surface area contributed by atoms with E-state index in [1.807, 2.05) is 63.2 Å². The summed E-state index contributed by atoms with van der Waals surface area (Å²) in [6, 6.07) is 13.4. The summed E-state index contributed by atoms with van der Waals surface area (Å²) in [4.78, 5) is 13.8. The Labute approximate surface area is 205 Å². The van der Waals surface area contributed by atoms with Crippen molar-refractivity contribution in [3.05, 3.63) is 86.2 Å². The van der Waals surface area contributed by atoms with Crippen LogP contribution in [-0.4, -0.2) is 18.1 Å². The first-order chi connectivity index (χ1) is 15.7. The summed E-state index contributed by atoms with van der Waals surface area (Å²) in [5, 5.41) is 16.6. The minimum absolute atomic E-state index is 0.0927. The van der Waals surface area contributed by atoms with Crippen molar-refractivity contribution < 1.29 is 14.6 Å². The predicted octanol–water partition coefficient (Wildman–Crippen LogP) is 5.41. The second-order valence-electron chi connectivity index (χ2n) is 8.78. The lowest BCUT2D eigenvalue weighted by molar-refractivity contribution is -0.819. The number of halogens is 1. The topological polar surface area (TPSA) is 65.8 Å². The first-order valence-corrected chi connectivity index (χ1v) is 12.4. The number of anilines is 1. The molecule has 1 unspecified atom stereocenters. The molecule has 2 aromatic carbocycles. The van der Waals surface area contributed by atoms with Crippen LogP contribution in [0.4, 0.5) is 5.69 Å². The van der Waals surface area contributed by atoms with E-state index in [1.54, 1.807) is 6.08 Å². The summed E-state index contributed by atoms with van der Waals surface area (Å²) in [5.41, 5.74) is 3.52. The molecule has 1 amide bonds. The summed E-state index contributed by atoms with van der Waals surface area (Å²) in [6.07, 6.45) is 4.13. The van der Waals surface area contributed by atoms with Crippen molar-refractivity contribution in [3.63, 3.8) is 0 Å². The lowest BCUT2D eigenvalue weighted by Gasteiger charge is -2.41. The molecule has 5 nitrogen and oxygen atoms in total. The summed E-state index contributed by atoms with van der Waals surface area (Å²) >= 11 is 3.57. The highest BCUT2D eigenvalue weighted by Gasteiger charge is 2.39. The Morgan fingerprint density at radius 1 is 1.09 bits per heavy atom. The van der Waals surface area contributed by atoms with Crippen LogP contribution in [0.3, 0.4) is 0 Å². The van der Waals surface area contributed by atoms with Gasteiger partial charge >= 0.3 is 0 Å². The average Bonchev–Trinajstić information content (AvgIpc) is 2.80. The lowest BCUT2D eigenvalue weighted by Crippen LogP contribution is -3.13. The van der Waals surface area contributed by atoms with Crippen molar-refractivity contribution in [2.45, 2.75) is 59.4 Å². The number of hydroxylamine groups is 2. The Morgan fingerprint density at radius 3 is 2.24 bits per heavy atom. The largest absolute Gasteiger partial charge is 0.628 e. The molecule has 33 heavy (non-hydrogen) atoms. The van der Waals surface area contributed by atoms with Crippen molar-refractivity contribution in [1.29, 1.82) is 0 Å². The number of amides is 1. The van der Waals surface area contributed by atoms with E-state index in [2.05, 4.69) is 35.1 Å². The number of hydrogen-bond donors (Lipinski definition) is 2. The fraction of sp³-hybridized carbons (Fsp3) is 0.370. The van der Waals surface area contributed by atoms with Gasteiger partial charge < -0.3 is 20.3 Å². The van der Waals surface area contributed by atoms with Gasteiger partial charge in [0, 0.05) is 21.8 Å². The van der Waals surface area contributed by atoms with Crippen LogP contribution >= 0.6 is 15.9 Å². The van der Waals surface area contributed by atoms with Crippen LogP contribution in [-0.2, 0) is 22.4 Å². The predicted molar refractivity (Wildman–Crippen MR) is 138 cm³/mol. The number of carbonyl (C=O) groups excluding carboxylic acids is 1. The number of quaternary nitrogens is 1. The van der Waals surface area contributed by atoms with Crippen LogP contribution in [0.15, 0.2) is 64.3 Å². The summed E-state index contributed by atoms with van der Waals surface area (Å²) < 4.78 is 7.04. The molecule has 2 aromatic rings. The van der Waals surface area contributed by atoms with Crippen molar-refractivity contribution in [3.8, 4) is 0 Å². The molecule has 0 saturated carbocycles. The van der Waals surface area contributed by atoms with Gasteiger partial charge in [0.25, 0.3) is 5.91 Å². The molecule has 0 radical (unpaired) electrons. The molecular weight excluding hydrogens is 480 g/mol. The van der Waals surface area contributed by atoms with Gasteiger partial charge in [0.1, 0.15) is 16.9 Å². The standard InChI is InChI=1S/C27H33BrN2O3/c1-6-14-33-22-17-27(4,5)30(32)25(20-12-10-9-11-13-20)23(22)26(31)29-24-18(7-2)15-21(28)16-19(24)8-3/h9-13,15-17,30H,6-8,14H2,1-5H3,(H,29,31). The quantitative estimate of drug-likeness (QED) is 0.464. The van der Waals surface area contributed by atoms with Crippen LogP contribution in [0.2, 0.25) is 0 Å². The third-order valence-corrected chi connectivity index (χ3v) is 6.28. The van der Waals surface area contributed by atoms with Crippen LogP contribution in [0.5, 0.6) is 0 Å². The Kier molecular flexibility index (Phi) is 8.16. The van der Waals surface area contributed by atoms with Crippen LogP contribution in [0.1, 0.15) is 57.7 Å². The van der Waals surface area contributed by atoms with E-state index in [-0.39, 0.29) is 11.0 Å². The molecule has 1 atom stereocenters. The van der Waals surface area contributed by atoms with Gasteiger partial charge in [-0.15, -0.1) is 0 Å². The Bertz CT molecular complexity index is 1050. The van der Waals surface area contributed by atoms with Gasteiger partial charge in [-0.3, -0.25) is 4.79 Å². The van der Waals surface area contributed by atoms with Gasteiger partial charge in [0.05, 0.1) is 6.61 Å². The third-order valence-electron chi connectivity index (χ3n) is 5.82. The molecule has 1 heterocycles. The molecule has 1 aliphatic rings. The second-order valence-corrected chi connectivity index (χ2v) is 9.70. The highest BCUT2D eigenvalue weighted by Crippen LogP contribution is 2.32. The van der Waals surface area contributed by atoms with Crippen molar-refractivity contribution in [2.24, 2.45) is 0 Å². The zero-order chi connectivity index (χ0) is 24.2. The molecule has 0 fully saturated rings. The molecule has 1 aliphatic heterocycles. The average molecular weight is 513 g/mol. The zero-order valence-corrected chi connectivity index (χ0v) is 21.6. The monoisotopic (exact) mass is 512 g/mol. The zero-order valence-electron chi connectivity index (χ0n) is 20.0. The fourth-order valence-electron chi connectivity index (χ4n) is 4.08. The Balaban J connectivity index is 2.18. The van der Waals surface area contributed by atoms with Crippen molar-refractivity contribution in [2.75, 3.05) is 11.9 Å². The van der Waals surface area contributed by atoms with Crippen molar-refractivity contribution >= 4 is 33.2 Å². The first-order valence-electron chi connectivity index (χ1n) is 11.6. The van der Waals surface area contributed by atoms with E-state index in [0.717, 1.165) is 40.5 Å². The van der Waals surface area contributed by atoms with Crippen LogP contribution < -0.4 is 10.4 Å². The highest BCUT2D eigenvalue weighted by atomic mass is 79.9. The summed E-state index contributed by atoms with van der Waals surface area (Å²) in [6.45, 7) is 10.3. The number of carbonyl (C=O) groups is 1. The minimum atomic E-state index is -0.779. The van der Waals surface area contributed by atoms with Gasteiger partial charge in [0.15, 0.2) is 5.70 Å². The van der Waals surface area contributed by atoms with Crippen LogP contribution in [0, 0.1) is 5.21 Å². The molecule has 176 valence electrons. The second kappa shape index (κ2) is 10.7. The normalized spacial score (nSPS) is 17.5. The van der Waals surface area contributed by atoms with E-state index in [9.17, 15) is 10.0 Å². The van der Waals surface area contributed by atoms with Gasteiger partial charge in [-0.2, -0.15) is 0 Å². The van der Waals surface area contributed by atoms with E-state index in [1.165, 1.54) is 0 Å². The molecule has 0 saturated heterocycles. The number of rotatable bonds is 8. The first kappa shape index (κ1) is 25.2. The molecule has 2 N–H and O–H groups in total. The van der Waals surface area contributed by atoms with E-state index < -0.39 is 5.54 Å². The maximum atomic E-state index is 13.8. The molecule has 0 aromatic heterocycles. The molecule has 3 rings (SSSR count). The van der Waals surface area contributed by atoms with Gasteiger partial charge in [0.2, 0.25) is 0 Å². The number of benzene rings is 2. The fourth-order valence-corrected chi connectivity index (χ4v) is 4.63. The highest BCUT2D eigenvalue weighted by molar-refractivity contribution is 9.10.